The summed E-state index contributed by atoms with van der Waals surface area (Å²) in [5.41, 5.74) is 4.25. The van der Waals surface area contributed by atoms with Crippen LogP contribution in [-0.4, -0.2) is 11.1 Å². The summed E-state index contributed by atoms with van der Waals surface area (Å²) < 4.78 is 1.74. The Morgan fingerprint density at radius 3 is 2.36 bits per heavy atom. The van der Waals surface area contributed by atoms with Crippen molar-refractivity contribution < 1.29 is 0 Å². The lowest BCUT2D eigenvalue weighted by Gasteiger charge is -2.12. The zero-order valence-corrected chi connectivity index (χ0v) is 14.0. The van der Waals surface area contributed by atoms with Crippen molar-refractivity contribution in [1.29, 1.82) is 0 Å². The third-order valence-corrected chi connectivity index (χ3v) is 4.00. The van der Waals surface area contributed by atoms with Gasteiger partial charge in [0.1, 0.15) is 0 Å². The summed E-state index contributed by atoms with van der Waals surface area (Å²) >= 11 is 0. The topological polar surface area (TPSA) is 34.0 Å². The van der Waals surface area contributed by atoms with Crippen molar-refractivity contribution in [2.24, 2.45) is 7.05 Å². The number of aromatic nitrogens is 1. The van der Waals surface area contributed by atoms with Gasteiger partial charge in [0.2, 0.25) is 0 Å². The molecule has 0 fully saturated rings. The Hall–Kier alpha value is -1.87. The van der Waals surface area contributed by atoms with Gasteiger partial charge in [-0.05, 0) is 36.1 Å². The maximum absolute atomic E-state index is 12.5. The van der Waals surface area contributed by atoms with Crippen molar-refractivity contribution in [3.63, 3.8) is 0 Å². The highest BCUT2D eigenvalue weighted by atomic mass is 16.1. The van der Waals surface area contributed by atoms with Gasteiger partial charge in [0, 0.05) is 19.2 Å². The molecule has 118 valence electrons. The quantitative estimate of drug-likeness (QED) is 0.826. The van der Waals surface area contributed by atoms with Crippen molar-refractivity contribution >= 4 is 0 Å². The predicted octanol–water partition coefficient (Wildman–Crippen LogP) is 3.68. The Morgan fingerprint density at radius 2 is 1.77 bits per heavy atom. The molecule has 3 heteroatoms. The molecule has 0 bridgehead atoms. The van der Waals surface area contributed by atoms with Gasteiger partial charge in [-0.2, -0.15) is 0 Å². The van der Waals surface area contributed by atoms with E-state index in [4.69, 9.17) is 0 Å². The first kappa shape index (κ1) is 16.5. The fourth-order valence-electron chi connectivity index (χ4n) is 2.55. The molecule has 0 aliphatic rings. The minimum absolute atomic E-state index is 0.0778. The molecule has 22 heavy (non-hydrogen) atoms. The smallest absolute Gasteiger partial charge is 0.255 e. The average molecular weight is 298 g/mol. The van der Waals surface area contributed by atoms with Gasteiger partial charge >= 0.3 is 0 Å². The van der Waals surface area contributed by atoms with E-state index in [0.717, 1.165) is 29.8 Å². The molecule has 2 rings (SSSR count). The molecule has 0 amide bonds. The monoisotopic (exact) mass is 298 g/mol. The molecule has 1 aromatic heterocycles. The molecule has 1 aromatic carbocycles. The van der Waals surface area contributed by atoms with Gasteiger partial charge in [-0.25, -0.2) is 0 Å². The summed E-state index contributed by atoms with van der Waals surface area (Å²) in [6.45, 7) is 8.05. The van der Waals surface area contributed by atoms with Crippen molar-refractivity contribution in [1.82, 2.24) is 9.88 Å². The summed E-state index contributed by atoms with van der Waals surface area (Å²) in [4.78, 5) is 12.5. The van der Waals surface area contributed by atoms with Crippen molar-refractivity contribution in [3.05, 3.63) is 57.9 Å². The van der Waals surface area contributed by atoms with Crippen molar-refractivity contribution in [3.8, 4) is 11.3 Å². The normalized spacial score (nSPS) is 11.1. The second-order valence-corrected chi connectivity index (χ2v) is 6.06. The van der Waals surface area contributed by atoms with E-state index in [0.29, 0.717) is 12.5 Å². The van der Waals surface area contributed by atoms with Crippen LogP contribution < -0.4 is 10.9 Å². The van der Waals surface area contributed by atoms with E-state index in [1.54, 1.807) is 4.57 Å². The van der Waals surface area contributed by atoms with Crippen LogP contribution in [-0.2, 0) is 13.6 Å². The lowest BCUT2D eigenvalue weighted by atomic mass is 10.0. The first-order valence-corrected chi connectivity index (χ1v) is 8.04. The van der Waals surface area contributed by atoms with Gasteiger partial charge < -0.3 is 9.88 Å². The van der Waals surface area contributed by atoms with Crippen LogP contribution in [0.15, 0.2) is 41.2 Å². The Morgan fingerprint density at radius 1 is 1.09 bits per heavy atom. The molecular formula is C19H26N2O. The largest absolute Gasteiger partial charge is 0.312 e. The predicted molar refractivity (Wildman–Crippen MR) is 93.2 cm³/mol. The zero-order valence-electron chi connectivity index (χ0n) is 14.0. The molecule has 0 aliphatic heterocycles. The summed E-state index contributed by atoms with van der Waals surface area (Å²) in [5, 5.41) is 3.29. The molecule has 0 atom stereocenters. The number of pyridine rings is 1. The lowest BCUT2D eigenvalue weighted by Crippen LogP contribution is -2.26. The Bertz CT molecular complexity index is 669. The third-order valence-electron chi connectivity index (χ3n) is 4.00. The highest BCUT2D eigenvalue weighted by Crippen LogP contribution is 2.21. The molecule has 0 radical (unpaired) electrons. The van der Waals surface area contributed by atoms with Gasteiger partial charge in [0.25, 0.3) is 5.56 Å². The molecule has 0 saturated carbocycles. The SMILES string of the molecule is CCCNCc1ccc(-c2ccc(C(C)C)cc2)n(C)c1=O. The van der Waals surface area contributed by atoms with E-state index >= 15 is 0 Å². The number of nitrogens with zero attached hydrogens (tertiary/aromatic N) is 1. The number of rotatable bonds is 6. The minimum Gasteiger partial charge on any atom is -0.312 e. The van der Waals surface area contributed by atoms with Crippen LogP contribution in [0.5, 0.6) is 0 Å². The molecule has 1 heterocycles. The highest BCUT2D eigenvalue weighted by Gasteiger charge is 2.08. The molecule has 2 aromatic rings. The Kier molecular flexibility index (Phi) is 5.56. The van der Waals surface area contributed by atoms with E-state index in [9.17, 15) is 4.79 Å². The van der Waals surface area contributed by atoms with Crippen LogP contribution in [0.3, 0.4) is 0 Å². The maximum Gasteiger partial charge on any atom is 0.255 e. The average Bonchev–Trinajstić information content (AvgIpc) is 2.52. The van der Waals surface area contributed by atoms with Gasteiger partial charge in [0.15, 0.2) is 0 Å². The van der Waals surface area contributed by atoms with Crippen LogP contribution in [0.1, 0.15) is 44.2 Å². The zero-order chi connectivity index (χ0) is 16.1. The number of nitrogens with one attached hydrogen (secondary N) is 1. The van der Waals surface area contributed by atoms with Gasteiger partial charge in [-0.15, -0.1) is 0 Å². The molecule has 0 unspecified atom stereocenters. The van der Waals surface area contributed by atoms with E-state index in [1.807, 2.05) is 19.2 Å². The van der Waals surface area contributed by atoms with E-state index in [-0.39, 0.29) is 5.56 Å². The minimum atomic E-state index is 0.0778. The Labute approximate surface area is 133 Å². The fraction of sp³-hybridized carbons (Fsp3) is 0.421. The van der Waals surface area contributed by atoms with Crippen LogP contribution in [0.2, 0.25) is 0 Å². The molecule has 1 N–H and O–H groups in total. The molecule has 0 saturated heterocycles. The first-order chi connectivity index (χ1) is 10.5. The fourth-order valence-corrected chi connectivity index (χ4v) is 2.55. The van der Waals surface area contributed by atoms with Gasteiger partial charge in [-0.1, -0.05) is 51.1 Å². The van der Waals surface area contributed by atoms with Crippen LogP contribution in [0.4, 0.5) is 0 Å². The third kappa shape index (κ3) is 3.66. The molecule has 3 nitrogen and oxygen atoms in total. The Balaban J connectivity index is 2.29. The summed E-state index contributed by atoms with van der Waals surface area (Å²) in [5.74, 6) is 0.518. The van der Waals surface area contributed by atoms with Crippen LogP contribution >= 0.6 is 0 Å². The number of benzene rings is 1. The van der Waals surface area contributed by atoms with Gasteiger partial charge in [0.05, 0.1) is 5.69 Å². The molecular weight excluding hydrogens is 272 g/mol. The second-order valence-electron chi connectivity index (χ2n) is 6.06. The lowest BCUT2D eigenvalue weighted by molar-refractivity contribution is 0.664. The first-order valence-electron chi connectivity index (χ1n) is 8.04. The number of hydrogen-bond donors (Lipinski definition) is 1. The standard InChI is InChI=1S/C19H26N2O/c1-5-12-20-13-17-10-11-18(21(4)19(17)22)16-8-6-15(7-9-16)14(2)3/h6-11,14,20H,5,12-13H2,1-4H3. The summed E-state index contributed by atoms with van der Waals surface area (Å²) in [6.07, 6.45) is 1.07. The maximum atomic E-state index is 12.5. The van der Waals surface area contributed by atoms with Crippen molar-refractivity contribution in [2.45, 2.75) is 39.7 Å². The molecule has 0 aliphatic carbocycles. The van der Waals surface area contributed by atoms with Crippen LogP contribution in [0.25, 0.3) is 11.3 Å². The second kappa shape index (κ2) is 7.41. The van der Waals surface area contributed by atoms with E-state index in [2.05, 4.69) is 50.4 Å². The van der Waals surface area contributed by atoms with E-state index < -0.39 is 0 Å². The van der Waals surface area contributed by atoms with Crippen LogP contribution in [0, 0.1) is 0 Å². The van der Waals surface area contributed by atoms with Gasteiger partial charge in [-0.3, -0.25) is 4.79 Å². The molecule has 0 spiro atoms. The number of hydrogen-bond acceptors (Lipinski definition) is 2. The van der Waals surface area contributed by atoms with E-state index in [1.165, 1.54) is 5.56 Å². The summed E-state index contributed by atoms with van der Waals surface area (Å²) in [7, 11) is 1.84. The highest BCUT2D eigenvalue weighted by molar-refractivity contribution is 5.60. The summed E-state index contributed by atoms with van der Waals surface area (Å²) in [6, 6.07) is 12.5. The van der Waals surface area contributed by atoms with Crippen molar-refractivity contribution in [2.75, 3.05) is 6.54 Å².